The summed E-state index contributed by atoms with van der Waals surface area (Å²) in [6.45, 7) is 2.11. The SMILES string of the molecule is CCOC(=O)c1ccc(C(c2ccccc2)c2ccc(OC)c(C(=O)OC)c2)cc1. The van der Waals surface area contributed by atoms with Crippen molar-refractivity contribution in [2.45, 2.75) is 12.8 Å². The molecule has 0 radical (unpaired) electrons. The van der Waals surface area contributed by atoms with Crippen molar-refractivity contribution in [1.29, 1.82) is 0 Å². The number of methoxy groups -OCH3 is 2. The molecule has 5 nitrogen and oxygen atoms in total. The second-order valence-corrected chi connectivity index (χ2v) is 6.64. The molecule has 1 atom stereocenters. The zero-order valence-electron chi connectivity index (χ0n) is 17.3. The minimum absolute atomic E-state index is 0.142. The van der Waals surface area contributed by atoms with Crippen molar-refractivity contribution in [3.8, 4) is 5.75 Å². The first-order valence-corrected chi connectivity index (χ1v) is 9.67. The number of hydrogen-bond acceptors (Lipinski definition) is 5. The van der Waals surface area contributed by atoms with E-state index in [9.17, 15) is 9.59 Å². The van der Waals surface area contributed by atoms with Gasteiger partial charge in [0, 0.05) is 5.92 Å². The fraction of sp³-hybridized carbons (Fsp3) is 0.200. The van der Waals surface area contributed by atoms with E-state index in [1.54, 1.807) is 31.2 Å². The van der Waals surface area contributed by atoms with E-state index in [0.717, 1.165) is 16.7 Å². The lowest BCUT2D eigenvalue weighted by Gasteiger charge is -2.20. The van der Waals surface area contributed by atoms with Crippen molar-refractivity contribution in [1.82, 2.24) is 0 Å². The van der Waals surface area contributed by atoms with Crippen LogP contribution in [0.15, 0.2) is 72.8 Å². The van der Waals surface area contributed by atoms with Crippen LogP contribution in [-0.4, -0.2) is 32.8 Å². The fourth-order valence-electron chi connectivity index (χ4n) is 3.42. The maximum atomic E-state index is 12.3. The van der Waals surface area contributed by atoms with E-state index in [1.165, 1.54) is 14.2 Å². The van der Waals surface area contributed by atoms with Gasteiger partial charge >= 0.3 is 11.9 Å². The van der Waals surface area contributed by atoms with Crippen LogP contribution in [-0.2, 0) is 9.47 Å². The number of carbonyl (C=O) groups is 2. The van der Waals surface area contributed by atoms with E-state index in [2.05, 4.69) is 0 Å². The molecular weight excluding hydrogens is 380 g/mol. The van der Waals surface area contributed by atoms with Gasteiger partial charge in [-0.1, -0.05) is 48.5 Å². The Morgan fingerprint density at radius 3 is 2.03 bits per heavy atom. The van der Waals surface area contributed by atoms with Crippen molar-refractivity contribution in [3.05, 3.63) is 101 Å². The summed E-state index contributed by atoms with van der Waals surface area (Å²) < 4.78 is 15.3. The first-order valence-electron chi connectivity index (χ1n) is 9.67. The molecule has 30 heavy (non-hydrogen) atoms. The van der Waals surface area contributed by atoms with Gasteiger partial charge in [0.1, 0.15) is 11.3 Å². The van der Waals surface area contributed by atoms with Gasteiger partial charge in [0.2, 0.25) is 0 Å². The molecule has 0 N–H and O–H groups in total. The van der Waals surface area contributed by atoms with Gasteiger partial charge in [-0.15, -0.1) is 0 Å². The molecule has 0 aliphatic rings. The molecule has 0 spiro atoms. The lowest BCUT2D eigenvalue weighted by atomic mass is 9.84. The van der Waals surface area contributed by atoms with Gasteiger partial charge in [0.25, 0.3) is 0 Å². The van der Waals surface area contributed by atoms with Crippen molar-refractivity contribution in [2.24, 2.45) is 0 Å². The van der Waals surface area contributed by atoms with Gasteiger partial charge in [-0.2, -0.15) is 0 Å². The van der Waals surface area contributed by atoms with Gasteiger partial charge in [0.05, 0.1) is 26.4 Å². The summed E-state index contributed by atoms with van der Waals surface area (Å²) in [7, 11) is 2.86. The Kier molecular flexibility index (Phi) is 6.86. The zero-order chi connectivity index (χ0) is 21.5. The topological polar surface area (TPSA) is 61.8 Å². The third-order valence-electron chi connectivity index (χ3n) is 4.85. The summed E-state index contributed by atoms with van der Waals surface area (Å²) in [4.78, 5) is 24.3. The Balaban J connectivity index is 2.09. The van der Waals surface area contributed by atoms with Gasteiger partial charge in [-0.3, -0.25) is 0 Å². The summed E-state index contributed by atoms with van der Waals surface area (Å²) in [6.07, 6.45) is 0. The number of carbonyl (C=O) groups excluding carboxylic acids is 2. The average Bonchev–Trinajstić information content (AvgIpc) is 2.80. The van der Waals surface area contributed by atoms with Crippen molar-refractivity contribution >= 4 is 11.9 Å². The van der Waals surface area contributed by atoms with Gasteiger partial charge < -0.3 is 14.2 Å². The molecule has 0 aliphatic carbocycles. The summed E-state index contributed by atoms with van der Waals surface area (Å²) in [5.41, 5.74) is 3.81. The predicted octanol–water partition coefficient (Wildman–Crippen LogP) is 4.84. The van der Waals surface area contributed by atoms with E-state index in [-0.39, 0.29) is 11.9 Å². The van der Waals surface area contributed by atoms with Crippen LogP contribution >= 0.6 is 0 Å². The Morgan fingerprint density at radius 1 is 0.800 bits per heavy atom. The minimum Gasteiger partial charge on any atom is -0.496 e. The monoisotopic (exact) mass is 404 g/mol. The standard InChI is InChI=1S/C25H24O5/c1-4-30-24(26)19-12-10-18(11-13-19)23(17-8-6-5-7-9-17)20-14-15-22(28-2)21(16-20)25(27)29-3/h5-16,23H,4H2,1-3H3. The number of ether oxygens (including phenoxy) is 3. The van der Waals surface area contributed by atoms with E-state index < -0.39 is 5.97 Å². The first kappa shape index (κ1) is 21.1. The highest BCUT2D eigenvalue weighted by Gasteiger charge is 2.21. The van der Waals surface area contributed by atoms with Crippen LogP contribution in [0.5, 0.6) is 5.75 Å². The van der Waals surface area contributed by atoms with Gasteiger partial charge in [-0.05, 0) is 47.9 Å². The second kappa shape index (κ2) is 9.74. The third-order valence-corrected chi connectivity index (χ3v) is 4.85. The second-order valence-electron chi connectivity index (χ2n) is 6.64. The molecule has 3 aromatic rings. The molecule has 0 fully saturated rings. The highest BCUT2D eigenvalue weighted by Crippen LogP contribution is 2.34. The summed E-state index contributed by atoms with van der Waals surface area (Å²) in [5, 5.41) is 0. The fourth-order valence-corrected chi connectivity index (χ4v) is 3.42. The number of esters is 2. The van der Waals surface area contributed by atoms with Crippen LogP contribution in [0.1, 0.15) is 50.2 Å². The molecular formula is C25H24O5. The molecule has 3 rings (SSSR count). The Bertz CT molecular complexity index is 1010. The number of rotatable bonds is 7. The molecule has 1 unspecified atom stereocenters. The third kappa shape index (κ3) is 4.51. The van der Waals surface area contributed by atoms with Crippen molar-refractivity contribution < 1.29 is 23.8 Å². The highest BCUT2D eigenvalue weighted by molar-refractivity contribution is 5.93. The zero-order valence-corrected chi connectivity index (χ0v) is 17.3. The van der Waals surface area contributed by atoms with Crippen LogP contribution in [0.2, 0.25) is 0 Å². The lowest BCUT2D eigenvalue weighted by Crippen LogP contribution is -2.09. The van der Waals surface area contributed by atoms with Crippen LogP contribution in [0, 0.1) is 0 Å². The molecule has 0 saturated carbocycles. The predicted molar refractivity (Wildman–Crippen MR) is 114 cm³/mol. The molecule has 0 heterocycles. The summed E-state index contributed by atoms with van der Waals surface area (Å²) >= 11 is 0. The van der Waals surface area contributed by atoms with E-state index >= 15 is 0 Å². The van der Waals surface area contributed by atoms with Gasteiger partial charge in [0.15, 0.2) is 0 Å². The quantitative estimate of drug-likeness (QED) is 0.417. The molecule has 0 aliphatic heterocycles. The molecule has 0 amide bonds. The molecule has 0 saturated heterocycles. The van der Waals surface area contributed by atoms with Crippen LogP contribution in [0.3, 0.4) is 0 Å². The van der Waals surface area contributed by atoms with Crippen molar-refractivity contribution in [3.63, 3.8) is 0 Å². The summed E-state index contributed by atoms with van der Waals surface area (Å²) in [5.74, 6) is -0.497. The van der Waals surface area contributed by atoms with Gasteiger partial charge in [-0.25, -0.2) is 9.59 Å². The lowest BCUT2D eigenvalue weighted by molar-refractivity contribution is 0.0525. The number of benzene rings is 3. The highest BCUT2D eigenvalue weighted by atomic mass is 16.5. The van der Waals surface area contributed by atoms with Crippen LogP contribution < -0.4 is 4.74 Å². The maximum absolute atomic E-state index is 12.3. The Hall–Kier alpha value is -3.60. The van der Waals surface area contributed by atoms with Crippen LogP contribution in [0.25, 0.3) is 0 Å². The van der Waals surface area contributed by atoms with E-state index in [1.807, 2.05) is 48.5 Å². The average molecular weight is 404 g/mol. The van der Waals surface area contributed by atoms with E-state index in [0.29, 0.717) is 23.5 Å². The van der Waals surface area contributed by atoms with Crippen molar-refractivity contribution in [2.75, 3.05) is 20.8 Å². The normalized spacial score (nSPS) is 11.4. The number of hydrogen-bond donors (Lipinski definition) is 0. The Morgan fingerprint density at radius 2 is 1.43 bits per heavy atom. The van der Waals surface area contributed by atoms with Crippen LogP contribution in [0.4, 0.5) is 0 Å². The Labute approximate surface area is 176 Å². The molecule has 0 aromatic heterocycles. The first-order chi connectivity index (χ1) is 14.6. The van der Waals surface area contributed by atoms with E-state index in [4.69, 9.17) is 14.2 Å². The molecule has 154 valence electrons. The summed E-state index contributed by atoms with van der Waals surface area (Å²) in [6, 6.07) is 22.8. The largest absolute Gasteiger partial charge is 0.496 e. The molecule has 3 aromatic carbocycles. The minimum atomic E-state index is -0.460. The molecule has 0 bridgehead atoms. The smallest absolute Gasteiger partial charge is 0.341 e. The molecule has 5 heteroatoms. The maximum Gasteiger partial charge on any atom is 0.341 e.